The zero-order valence-electron chi connectivity index (χ0n) is 11.0. The predicted octanol–water partition coefficient (Wildman–Crippen LogP) is 1.34. The second-order valence-corrected chi connectivity index (χ2v) is 4.59. The van der Waals surface area contributed by atoms with E-state index in [1.54, 1.807) is 0 Å². The van der Waals surface area contributed by atoms with Crippen LogP contribution < -0.4 is 5.32 Å². The smallest absolute Gasteiger partial charge is 0.137 e. The van der Waals surface area contributed by atoms with Crippen molar-refractivity contribution in [2.75, 3.05) is 13.6 Å². The Balaban J connectivity index is 1.75. The summed E-state index contributed by atoms with van der Waals surface area (Å²) in [5.41, 5.74) is 3.13. The quantitative estimate of drug-likeness (QED) is 0.748. The zero-order chi connectivity index (χ0) is 13.1. The third-order valence-corrected chi connectivity index (χ3v) is 3.08. The lowest BCUT2D eigenvalue weighted by Gasteiger charge is -1.97. The number of rotatable bonds is 5. The van der Waals surface area contributed by atoms with Gasteiger partial charge in [0.25, 0.3) is 0 Å². The number of aromatic nitrogens is 4. The Bertz CT molecular complexity index is 634. The Morgan fingerprint density at radius 1 is 1.21 bits per heavy atom. The van der Waals surface area contributed by atoms with Crippen LogP contribution in [0.4, 0.5) is 0 Å². The van der Waals surface area contributed by atoms with E-state index in [9.17, 15) is 0 Å². The maximum absolute atomic E-state index is 4.58. The molecule has 19 heavy (non-hydrogen) atoms. The molecule has 0 bridgehead atoms. The largest absolute Gasteiger partial charge is 0.331 e. The summed E-state index contributed by atoms with van der Waals surface area (Å²) < 4.78 is 4.11. The molecule has 5 heteroatoms. The van der Waals surface area contributed by atoms with E-state index >= 15 is 0 Å². The van der Waals surface area contributed by atoms with Gasteiger partial charge in [0.15, 0.2) is 0 Å². The monoisotopic (exact) mass is 255 g/mol. The molecule has 0 aliphatic carbocycles. The molecule has 0 aromatic carbocycles. The van der Waals surface area contributed by atoms with Gasteiger partial charge in [-0.05, 0) is 19.2 Å². The van der Waals surface area contributed by atoms with Crippen molar-refractivity contribution in [3.8, 4) is 0 Å². The molecule has 0 atom stereocenters. The molecule has 0 radical (unpaired) electrons. The standard InChI is InChI=1S/C14H17N5/c1-15-6-5-12-8-18(11-16-12)9-13-10-19-7-3-2-4-14(19)17-13/h2-4,7-8,10-11,15H,5-6,9H2,1H3. The van der Waals surface area contributed by atoms with Gasteiger partial charge < -0.3 is 14.3 Å². The topological polar surface area (TPSA) is 47.2 Å². The number of pyridine rings is 1. The Labute approximate surface area is 111 Å². The Morgan fingerprint density at radius 2 is 2.16 bits per heavy atom. The van der Waals surface area contributed by atoms with Crippen molar-refractivity contribution in [3.63, 3.8) is 0 Å². The van der Waals surface area contributed by atoms with E-state index in [0.29, 0.717) is 0 Å². The molecule has 0 spiro atoms. The van der Waals surface area contributed by atoms with E-state index in [2.05, 4.69) is 32.2 Å². The van der Waals surface area contributed by atoms with E-state index in [0.717, 1.165) is 36.5 Å². The van der Waals surface area contributed by atoms with Crippen LogP contribution >= 0.6 is 0 Å². The van der Waals surface area contributed by atoms with Gasteiger partial charge >= 0.3 is 0 Å². The summed E-state index contributed by atoms with van der Waals surface area (Å²) in [6, 6.07) is 6.01. The molecule has 1 N–H and O–H groups in total. The Hall–Kier alpha value is -2.14. The Kier molecular flexibility index (Phi) is 3.29. The highest BCUT2D eigenvalue weighted by Gasteiger charge is 2.03. The molecule has 0 fully saturated rings. The number of imidazole rings is 2. The summed E-state index contributed by atoms with van der Waals surface area (Å²) in [6.45, 7) is 1.71. The number of likely N-dealkylation sites (N-methyl/N-ethyl adjacent to an activating group) is 1. The Morgan fingerprint density at radius 3 is 3.00 bits per heavy atom. The van der Waals surface area contributed by atoms with Crippen LogP contribution in [0.25, 0.3) is 5.65 Å². The summed E-state index contributed by atoms with van der Waals surface area (Å²) in [6.07, 6.45) is 8.98. The highest BCUT2D eigenvalue weighted by Crippen LogP contribution is 2.07. The summed E-state index contributed by atoms with van der Waals surface area (Å²) in [4.78, 5) is 8.97. The van der Waals surface area contributed by atoms with Crippen LogP contribution in [-0.4, -0.2) is 32.5 Å². The van der Waals surface area contributed by atoms with E-state index in [-0.39, 0.29) is 0 Å². The minimum absolute atomic E-state index is 0.758. The van der Waals surface area contributed by atoms with E-state index in [4.69, 9.17) is 0 Å². The molecule has 3 rings (SSSR count). The van der Waals surface area contributed by atoms with Gasteiger partial charge in [-0.1, -0.05) is 6.07 Å². The lowest BCUT2D eigenvalue weighted by molar-refractivity contribution is 0.767. The van der Waals surface area contributed by atoms with Gasteiger partial charge in [0.05, 0.1) is 24.3 Å². The van der Waals surface area contributed by atoms with Crippen LogP contribution in [0.15, 0.2) is 43.1 Å². The summed E-state index contributed by atoms with van der Waals surface area (Å²) >= 11 is 0. The molecule has 3 aromatic rings. The van der Waals surface area contributed by atoms with Gasteiger partial charge in [-0.25, -0.2) is 9.97 Å². The molecule has 0 unspecified atom stereocenters. The van der Waals surface area contributed by atoms with E-state index in [1.807, 2.05) is 42.2 Å². The highest BCUT2D eigenvalue weighted by molar-refractivity contribution is 5.39. The van der Waals surface area contributed by atoms with Crippen LogP contribution in [0.3, 0.4) is 0 Å². The van der Waals surface area contributed by atoms with Crippen molar-refractivity contribution < 1.29 is 0 Å². The minimum atomic E-state index is 0.758. The fourth-order valence-electron chi connectivity index (χ4n) is 2.13. The van der Waals surface area contributed by atoms with Gasteiger partial charge in [-0.3, -0.25) is 0 Å². The maximum atomic E-state index is 4.58. The molecule has 5 nitrogen and oxygen atoms in total. The lowest BCUT2D eigenvalue weighted by Crippen LogP contribution is -2.10. The molecule has 0 amide bonds. The first-order chi connectivity index (χ1) is 9.35. The van der Waals surface area contributed by atoms with Gasteiger partial charge in [0.2, 0.25) is 0 Å². The zero-order valence-corrected chi connectivity index (χ0v) is 11.0. The maximum Gasteiger partial charge on any atom is 0.137 e. The summed E-state index contributed by atoms with van der Waals surface area (Å²) in [5.74, 6) is 0. The van der Waals surface area contributed by atoms with Crippen molar-refractivity contribution >= 4 is 5.65 Å². The van der Waals surface area contributed by atoms with Crippen molar-refractivity contribution in [3.05, 3.63) is 54.5 Å². The fraction of sp³-hybridized carbons (Fsp3) is 0.286. The average Bonchev–Trinajstić information content (AvgIpc) is 3.02. The van der Waals surface area contributed by atoms with Gasteiger partial charge in [-0.2, -0.15) is 0 Å². The minimum Gasteiger partial charge on any atom is -0.331 e. The van der Waals surface area contributed by atoms with Crippen LogP contribution in [-0.2, 0) is 13.0 Å². The number of nitrogens with zero attached hydrogens (tertiary/aromatic N) is 4. The van der Waals surface area contributed by atoms with Crippen molar-refractivity contribution in [1.82, 2.24) is 24.3 Å². The number of nitrogens with one attached hydrogen (secondary N) is 1. The molecule has 0 saturated heterocycles. The third kappa shape index (κ3) is 2.66. The van der Waals surface area contributed by atoms with Gasteiger partial charge in [0, 0.05) is 31.6 Å². The fourth-order valence-corrected chi connectivity index (χ4v) is 2.13. The molecular formula is C14H17N5. The molecule has 0 aliphatic rings. The molecule has 3 aromatic heterocycles. The number of hydrogen-bond acceptors (Lipinski definition) is 3. The number of hydrogen-bond donors (Lipinski definition) is 1. The molecule has 0 saturated carbocycles. The second-order valence-electron chi connectivity index (χ2n) is 4.59. The van der Waals surface area contributed by atoms with Crippen molar-refractivity contribution in [2.24, 2.45) is 0 Å². The average molecular weight is 255 g/mol. The predicted molar refractivity (Wildman–Crippen MR) is 74.2 cm³/mol. The summed E-state index contributed by atoms with van der Waals surface area (Å²) in [5, 5.41) is 3.13. The first-order valence-corrected chi connectivity index (χ1v) is 6.43. The third-order valence-electron chi connectivity index (χ3n) is 3.08. The van der Waals surface area contributed by atoms with Gasteiger partial charge in [-0.15, -0.1) is 0 Å². The second kappa shape index (κ2) is 5.24. The lowest BCUT2D eigenvalue weighted by atomic mass is 10.3. The van der Waals surface area contributed by atoms with Crippen molar-refractivity contribution in [1.29, 1.82) is 0 Å². The van der Waals surface area contributed by atoms with Crippen LogP contribution in [0.1, 0.15) is 11.4 Å². The molecule has 0 aliphatic heterocycles. The summed E-state index contributed by atoms with van der Waals surface area (Å²) in [7, 11) is 1.95. The molecular weight excluding hydrogens is 238 g/mol. The first-order valence-electron chi connectivity index (χ1n) is 6.43. The van der Waals surface area contributed by atoms with Crippen LogP contribution in [0.5, 0.6) is 0 Å². The number of fused-ring (bicyclic) bond motifs is 1. The highest BCUT2D eigenvalue weighted by atomic mass is 15.1. The van der Waals surface area contributed by atoms with Crippen molar-refractivity contribution in [2.45, 2.75) is 13.0 Å². The normalized spacial score (nSPS) is 11.2. The van der Waals surface area contributed by atoms with E-state index in [1.165, 1.54) is 0 Å². The van der Waals surface area contributed by atoms with Crippen LogP contribution in [0, 0.1) is 0 Å². The van der Waals surface area contributed by atoms with Crippen LogP contribution in [0.2, 0.25) is 0 Å². The SMILES string of the molecule is CNCCc1cn(Cc2cn3ccccc3n2)cn1. The van der Waals surface area contributed by atoms with Gasteiger partial charge in [0.1, 0.15) is 5.65 Å². The molecule has 3 heterocycles. The van der Waals surface area contributed by atoms with E-state index < -0.39 is 0 Å². The first kappa shape index (κ1) is 11.9. The molecule has 98 valence electrons.